The summed E-state index contributed by atoms with van der Waals surface area (Å²) in [6.45, 7) is 10.8. The number of hydrogen-bond donors (Lipinski definition) is 1. The number of nitrogens with one attached hydrogen (secondary N) is 1. The third kappa shape index (κ3) is 7.09. The molecule has 3 heterocycles. The molecule has 2 aromatic rings. The lowest BCUT2D eigenvalue weighted by atomic mass is 10.0. The first-order chi connectivity index (χ1) is 17.2. The van der Waals surface area contributed by atoms with Crippen LogP contribution in [0.15, 0.2) is 36.5 Å². The van der Waals surface area contributed by atoms with Crippen LogP contribution in [0.2, 0.25) is 5.02 Å². The predicted octanol–water partition coefficient (Wildman–Crippen LogP) is 4.23. The number of halogens is 1. The molecule has 196 valence electrons. The minimum Gasteiger partial charge on any atom is -0.380 e. The summed E-state index contributed by atoms with van der Waals surface area (Å²) in [5.74, 6) is 0.581. The highest BCUT2D eigenvalue weighted by atomic mass is 35.5. The Balaban J connectivity index is 1.45. The molecule has 9 heteroatoms. The number of carbonyl (C=O) groups excluding carboxylic acids is 1. The van der Waals surface area contributed by atoms with Crippen LogP contribution in [-0.2, 0) is 20.8 Å². The second kappa shape index (κ2) is 11.8. The van der Waals surface area contributed by atoms with Gasteiger partial charge in [0.15, 0.2) is 0 Å². The molecular formula is C27H37ClN4O4. The molecule has 1 aromatic carbocycles. The Bertz CT molecular complexity index is 1040. The summed E-state index contributed by atoms with van der Waals surface area (Å²) in [5, 5.41) is 4.06. The number of methoxy groups -OCH3 is 1. The summed E-state index contributed by atoms with van der Waals surface area (Å²) < 4.78 is 17.3. The summed E-state index contributed by atoms with van der Waals surface area (Å²) in [4.78, 5) is 22.0. The second-order valence-corrected chi connectivity index (χ2v) is 10.7. The number of pyridine rings is 1. The van der Waals surface area contributed by atoms with Crippen LogP contribution in [0.3, 0.4) is 0 Å². The Labute approximate surface area is 218 Å². The number of piperidine rings is 1. The first kappa shape index (κ1) is 26.7. The maximum absolute atomic E-state index is 13.4. The van der Waals surface area contributed by atoms with E-state index in [0.29, 0.717) is 49.3 Å². The van der Waals surface area contributed by atoms with Gasteiger partial charge in [-0.1, -0.05) is 11.6 Å². The number of ether oxygens (including phenoxy) is 3. The molecule has 36 heavy (non-hydrogen) atoms. The first-order valence-electron chi connectivity index (χ1n) is 12.5. The number of benzene rings is 1. The van der Waals surface area contributed by atoms with Crippen molar-refractivity contribution in [2.24, 2.45) is 0 Å². The van der Waals surface area contributed by atoms with E-state index in [0.717, 1.165) is 30.8 Å². The third-order valence-corrected chi connectivity index (χ3v) is 6.61. The Kier molecular flexibility index (Phi) is 8.72. The van der Waals surface area contributed by atoms with Crippen LogP contribution < -0.4 is 10.2 Å². The summed E-state index contributed by atoms with van der Waals surface area (Å²) in [6.07, 6.45) is 2.30. The van der Waals surface area contributed by atoms with Gasteiger partial charge in [-0.2, -0.15) is 0 Å². The van der Waals surface area contributed by atoms with Gasteiger partial charge < -0.3 is 29.3 Å². The van der Waals surface area contributed by atoms with E-state index < -0.39 is 0 Å². The molecule has 2 aliphatic rings. The van der Waals surface area contributed by atoms with Crippen LogP contribution in [-0.4, -0.2) is 80.1 Å². The number of rotatable bonds is 7. The number of hydrogen-bond acceptors (Lipinski definition) is 7. The van der Waals surface area contributed by atoms with E-state index >= 15 is 0 Å². The van der Waals surface area contributed by atoms with Gasteiger partial charge in [0, 0.05) is 68.7 Å². The monoisotopic (exact) mass is 516 g/mol. The topological polar surface area (TPSA) is 76.2 Å². The maximum Gasteiger partial charge on any atom is 0.254 e. The van der Waals surface area contributed by atoms with E-state index in [9.17, 15) is 4.79 Å². The van der Waals surface area contributed by atoms with Crippen molar-refractivity contribution >= 4 is 29.0 Å². The van der Waals surface area contributed by atoms with Gasteiger partial charge >= 0.3 is 0 Å². The zero-order chi connectivity index (χ0) is 25.7. The fourth-order valence-corrected chi connectivity index (χ4v) is 4.96. The largest absolute Gasteiger partial charge is 0.380 e. The highest BCUT2D eigenvalue weighted by molar-refractivity contribution is 6.30. The maximum atomic E-state index is 13.4. The van der Waals surface area contributed by atoms with Gasteiger partial charge in [0.1, 0.15) is 5.82 Å². The molecule has 1 N–H and O–H groups in total. The highest BCUT2D eigenvalue weighted by Gasteiger charge is 2.33. The van der Waals surface area contributed by atoms with Gasteiger partial charge in [-0.3, -0.25) is 4.79 Å². The average molecular weight is 517 g/mol. The molecule has 2 saturated heterocycles. The minimum absolute atomic E-state index is 0.0542. The van der Waals surface area contributed by atoms with E-state index in [1.165, 1.54) is 0 Å². The van der Waals surface area contributed by atoms with Crippen molar-refractivity contribution in [3.8, 4) is 0 Å². The van der Waals surface area contributed by atoms with Gasteiger partial charge in [0.2, 0.25) is 0 Å². The molecule has 0 bridgehead atoms. The number of carbonyl (C=O) groups is 1. The Hall–Kier alpha value is -2.39. The number of amides is 1. The molecule has 1 aromatic heterocycles. The number of likely N-dealkylation sites (tertiary alicyclic amines) is 1. The number of nitrogens with zero attached hydrogens (tertiary/aromatic N) is 3. The van der Waals surface area contributed by atoms with Gasteiger partial charge in [-0.15, -0.1) is 0 Å². The van der Waals surface area contributed by atoms with E-state index in [1.54, 1.807) is 25.4 Å². The van der Waals surface area contributed by atoms with Crippen LogP contribution in [0, 0.1) is 0 Å². The zero-order valence-corrected chi connectivity index (χ0v) is 22.4. The molecule has 8 nitrogen and oxygen atoms in total. The molecule has 2 atom stereocenters. The minimum atomic E-state index is -0.289. The molecule has 2 fully saturated rings. The molecule has 1 amide bonds. The molecule has 0 radical (unpaired) electrons. The lowest BCUT2D eigenvalue weighted by Crippen LogP contribution is -2.51. The Morgan fingerprint density at radius 3 is 2.64 bits per heavy atom. The normalized spacial score (nSPS) is 20.9. The molecule has 2 aliphatic heterocycles. The molecular weight excluding hydrogens is 480 g/mol. The van der Waals surface area contributed by atoms with Gasteiger partial charge in [0.25, 0.3) is 5.91 Å². The number of morpholine rings is 1. The second-order valence-electron chi connectivity index (χ2n) is 10.3. The Morgan fingerprint density at radius 2 is 1.92 bits per heavy atom. The van der Waals surface area contributed by atoms with E-state index in [1.807, 2.05) is 37.8 Å². The predicted molar refractivity (Wildman–Crippen MR) is 142 cm³/mol. The first-order valence-corrected chi connectivity index (χ1v) is 12.9. The molecule has 0 unspecified atom stereocenters. The quantitative estimate of drug-likeness (QED) is 0.590. The van der Waals surface area contributed by atoms with Crippen molar-refractivity contribution in [1.82, 2.24) is 9.88 Å². The fraction of sp³-hybridized carbons (Fsp3) is 0.556. The van der Waals surface area contributed by atoms with Crippen molar-refractivity contribution in [3.05, 3.63) is 52.7 Å². The average Bonchev–Trinajstić information content (AvgIpc) is 2.86. The van der Waals surface area contributed by atoms with Crippen molar-refractivity contribution in [3.63, 3.8) is 0 Å². The smallest absolute Gasteiger partial charge is 0.254 e. The van der Waals surface area contributed by atoms with Crippen LogP contribution in [0.1, 0.15) is 43.1 Å². The summed E-state index contributed by atoms with van der Waals surface area (Å²) >= 11 is 6.31. The fourth-order valence-electron chi connectivity index (χ4n) is 4.77. The van der Waals surface area contributed by atoms with Gasteiger partial charge in [-0.05, 0) is 56.7 Å². The van der Waals surface area contributed by atoms with Crippen LogP contribution >= 0.6 is 11.6 Å². The molecule has 0 saturated carbocycles. The van der Waals surface area contributed by atoms with Gasteiger partial charge in [-0.25, -0.2) is 4.98 Å². The van der Waals surface area contributed by atoms with Gasteiger partial charge in [0.05, 0.1) is 31.0 Å². The number of anilines is 2. The molecule has 0 aliphatic carbocycles. The third-order valence-electron chi connectivity index (χ3n) is 6.37. The van der Waals surface area contributed by atoms with Crippen molar-refractivity contribution in [1.29, 1.82) is 0 Å². The lowest BCUT2D eigenvalue weighted by Gasteiger charge is -2.39. The molecule has 0 spiro atoms. The van der Waals surface area contributed by atoms with Crippen molar-refractivity contribution in [2.45, 2.75) is 51.5 Å². The van der Waals surface area contributed by atoms with E-state index in [2.05, 4.69) is 21.3 Å². The number of aromatic nitrogens is 1. The Morgan fingerprint density at radius 1 is 1.17 bits per heavy atom. The van der Waals surface area contributed by atoms with Crippen LogP contribution in [0.25, 0.3) is 0 Å². The van der Waals surface area contributed by atoms with E-state index in [4.69, 9.17) is 25.8 Å². The standard InChI is InChI=1S/C27H37ClN4O4/c1-27(2,3)36-23-15-22(34-4)17-32(18-23)26(33)19-7-8-29-25(14-19)30-16-20-13-21(28)5-6-24(20)31-9-11-35-12-10-31/h5-8,13-14,22-23H,9-12,15-18H2,1-4H3,(H,29,30)/t22-,23+/m0/s1. The summed E-state index contributed by atoms with van der Waals surface area (Å²) in [7, 11) is 1.68. The SMILES string of the molecule is CO[C@H]1C[C@@H](OC(C)(C)C)CN(C(=O)c2ccnc(NCc3cc(Cl)ccc3N3CCOCC3)c2)C1. The zero-order valence-electron chi connectivity index (χ0n) is 21.6. The lowest BCUT2D eigenvalue weighted by molar-refractivity contribution is -0.109. The van der Waals surface area contributed by atoms with Crippen molar-refractivity contribution in [2.75, 3.05) is 56.7 Å². The van der Waals surface area contributed by atoms with E-state index in [-0.39, 0.29) is 23.7 Å². The van der Waals surface area contributed by atoms with Crippen LogP contribution in [0.4, 0.5) is 11.5 Å². The molecule has 4 rings (SSSR count). The van der Waals surface area contributed by atoms with Crippen molar-refractivity contribution < 1.29 is 19.0 Å². The highest BCUT2D eigenvalue weighted by Crippen LogP contribution is 2.27. The summed E-state index contributed by atoms with van der Waals surface area (Å²) in [6, 6.07) is 9.49. The van der Waals surface area contributed by atoms with Crippen LogP contribution in [0.5, 0.6) is 0 Å². The summed E-state index contributed by atoms with van der Waals surface area (Å²) in [5.41, 5.74) is 2.50.